The Balaban J connectivity index is 2.07. The van der Waals surface area contributed by atoms with Crippen molar-refractivity contribution < 1.29 is 9.90 Å². The minimum Gasteiger partial charge on any atom is -0.476 e. The van der Waals surface area contributed by atoms with E-state index in [1.54, 1.807) is 6.07 Å². The zero-order valence-corrected chi connectivity index (χ0v) is 12.6. The van der Waals surface area contributed by atoms with Crippen molar-refractivity contribution >= 4 is 11.8 Å². The third-order valence-electron chi connectivity index (χ3n) is 3.79. The highest BCUT2D eigenvalue weighted by molar-refractivity contribution is 5.85. The summed E-state index contributed by atoms with van der Waals surface area (Å²) in [7, 11) is 0. The lowest BCUT2D eigenvalue weighted by Gasteiger charge is -2.45. The third kappa shape index (κ3) is 3.68. The van der Waals surface area contributed by atoms with Crippen LogP contribution in [0.5, 0.6) is 0 Å². The number of rotatable bonds is 3. The van der Waals surface area contributed by atoms with Gasteiger partial charge in [-0.2, -0.15) is 0 Å². The van der Waals surface area contributed by atoms with Crippen LogP contribution in [0.1, 0.15) is 57.4 Å². The minimum absolute atomic E-state index is 0.0279. The quantitative estimate of drug-likeness (QED) is 0.887. The topological polar surface area (TPSA) is 75.1 Å². The molecule has 0 amide bonds. The molecule has 0 saturated heterocycles. The number of anilines is 1. The van der Waals surface area contributed by atoms with Gasteiger partial charge < -0.3 is 10.4 Å². The molecule has 1 fully saturated rings. The molecule has 1 aliphatic carbocycles. The molecule has 0 aromatic carbocycles. The number of aromatic nitrogens is 2. The van der Waals surface area contributed by atoms with E-state index in [4.69, 9.17) is 5.11 Å². The fourth-order valence-corrected chi connectivity index (χ4v) is 3.68. The molecule has 0 unspecified atom stereocenters. The second kappa shape index (κ2) is 5.04. The molecule has 5 heteroatoms. The maximum atomic E-state index is 10.7. The smallest absolute Gasteiger partial charge is 0.356 e. The Bertz CT molecular complexity index is 478. The lowest BCUT2D eigenvalue weighted by molar-refractivity contribution is 0.0689. The Morgan fingerprint density at radius 2 is 1.80 bits per heavy atom. The van der Waals surface area contributed by atoms with Crippen LogP contribution in [0.25, 0.3) is 0 Å². The fraction of sp³-hybridized carbons (Fsp3) is 0.667. The van der Waals surface area contributed by atoms with E-state index in [9.17, 15) is 4.79 Å². The molecule has 1 heterocycles. The molecule has 0 radical (unpaired) electrons. The first-order chi connectivity index (χ1) is 9.17. The summed E-state index contributed by atoms with van der Waals surface area (Å²) in [6.45, 7) is 9.17. The fourth-order valence-electron chi connectivity index (χ4n) is 3.68. The third-order valence-corrected chi connectivity index (χ3v) is 3.79. The average molecular weight is 277 g/mol. The van der Waals surface area contributed by atoms with Crippen LogP contribution in [-0.2, 0) is 0 Å². The number of hydrogen-bond donors (Lipinski definition) is 2. The Hall–Kier alpha value is -1.65. The number of nitrogens with zero attached hydrogens (tertiary/aromatic N) is 2. The van der Waals surface area contributed by atoms with Crippen molar-refractivity contribution in [2.75, 3.05) is 5.32 Å². The van der Waals surface area contributed by atoms with Crippen LogP contribution in [0.2, 0.25) is 0 Å². The molecular formula is C15H23N3O2. The molecule has 0 spiro atoms. The van der Waals surface area contributed by atoms with Gasteiger partial charge in [-0.05, 0) is 42.2 Å². The molecule has 2 rings (SSSR count). The number of carboxylic acids is 1. The van der Waals surface area contributed by atoms with Crippen molar-refractivity contribution in [1.29, 1.82) is 0 Å². The minimum atomic E-state index is -1.05. The van der Waals surface area contributed by atoms with Gasteiger partial charge in [0, 0.05) is 6.04 Å². The zero-order valence-electron chi connectivity index (χ0n) is 12.6. The lowest BCUT2D eigenvalue weighted by Crippen LogP contribution is -2.40. The van der Waals surface area contributed by atoms with Crippen LogP contribution in [0, 0.1) is 10.8 Å². The van der Waals surface area contributed by atoms with Gasteiger partial charge in [0.15, 0.2) is 5.69 Å². The highest BCUT2D eigenvalue weighted by Crippen LogP contribution is 2.46. The zero-order chi connectivity index (χ0) is 15.0. The van der Waals surface area contributed by atoms with E-state index in [0.29, 0.717) is 22.7 Å². The van der Waals surface area contributed by atoms with Gasteiger partial charge in [-0.1, -0.05) is 27.7 Å². The van der Waals surface area contributed by atoms with Crippen molar-refractivity contribution in [2.45, 2.75) is 53.0 Å². The van der Waals surface area contributed by atoms with Crippen molar-refractivity contribution in [3.05, 3.63) is 17.8 Å². The summed E-state index contributed by atoms with van der Waals surface area (Å²) in [4.78, 5) is 10.7. The first kappa shape index (κ1) is 14.8. The van der Waals surface area contributed by atoms with E-state index in [1.807, 2.05) is 0 Å². The summed E-state index contributed by atoms with van der Waals surface area (Å²) in [5.41, 5.74) is 0.571. The maximum absolute atomic E-state index is 10.7. The van der Waals surface area contributed by atoms with Crippen LogP contribution in [0.4, 0.5) is 5.82 Å². The average Bonchev–Trinajstić information content (AvgIpc) is 2.25. The van der Waals surface area contributed by atoms with Gasteiger partial charge >= 0.3 is 5.97 Å². The largest absolute Gasteiger partial charge is 0.476 e. The van der Waals surface area contributed by atoms with Crippen LogP contribution >= 0.6 is 0 Å². The summed E-state index contributed by atoms with van der Waals surface area (Å²) >= 11 is 0. The SMILES string of the molecule is CC1(C)CC(Nc2ccc(C(=O)O)nn2)CC(C)(C)C1. The van der Waals surface area contributed by atoms with Crippen molar-refractivity contribution in [2.24, 2.45) is 10.8 Å². The second-order valence-corrected chi connectivity index (χ2v) is 7.36. The molecule has 1 aliphatic rings. The van der Waals surface area contributed by atoms with E-state index < -0.39 is 5.97 Å². The van der Waals surface area contributed by atoms with E-state index in [1.165, 1.54) is 12.5 Å². The molecule has 0 bridgehead atoms. The molecule has 1 saturated carbocycles. The normalized spacial score (nSPS) is 21.4. The predicted molar refractivity (Wildman–Crippen MR) is 77.8 cm³/mol. The highest BCUT2D eigenvalue weighted by atomic mass is 16.4. The van der Waals surface area contributed by atoms with E-state index in [2.05, 4.69) is 43.2 Å². The van der Waals surface area contributed by atoms with E-state index >= 15 is 0 Å². The van der Waals surface area contributed by atoms with Gasteiger partial charge in [0.1, 0.15) is 5.82 Å². The van der Waals surface area contributed by atoms with Crippen molar-refractivity contribution in [1.82, 2.24) is 10.2 Å². The molecular weight excluding hydrogens is 254 g/mol. The molecule has 5 nitrogen and oxygen atoms in total. The summed E-state index contributed by atoms with van der Waals surface area (Å²) in [6.07, 6.45) is 3.37. The monoisotopic (exact) mass is 277 g/mol. The van der Waals surface area contributed by atoms with Gasteiger partial charge in [-0.15, -0.1) is 10.2 Å². The standard InChI is InChI=1S/C15H23N3O2/c1-14(2)7-10(8-15(3,4)9-14)16-12-6-5-11(13(19)20)17-18-12/h5-6,10H,7-9H2,1-4H3,(H,16,18)(H,19,20). The number of carbonyl (C=O) groups is 1. The summed E-state index contributed by atoms with van der Waals surface area (Å²) in [5.74, 6) is -0.405. The van der Waals surface area contributed by atoms with Crippen molar-refractivity contribution in [3.8, 4) is 0 Å². The van der Waals surface area contributed by atoms with E-state index in [0.717, 1.165) is 12.8 Å². The summed E-state index contributed by atoms with van der Waals surface area (Å²) in [6, 6.07) is 3.51. The first-order valence-corrected chi connectivity index (χ1v) is 7.01. The number of aromatic carboxylic acids is 1. The highest BCUT2D eigenvalue weighted by Gasteiger charge is 2.38. The Labute approximate surface area is 119 Å². The van der Waals surface area contributed by atoms with Crippen LogP contribution in [-0.4, -0.2) is 27.3 Å². The molecule has 1 aromatic rings. The molecule has 110 valence electrons. The summed E-state index contributed by atoms with van der Waals surface area (Å²) in [5, 5.41) is 19.9. The molecule has 2 N–H and O–H groups in total. The maximum Gasteiger partial charge on any atom is 0.356 e. The Morgan fingerprint density at radius 1 is 1.20 bits per heavy atom. The van der Waals surface area contributed by atoms with E-state index in [-0.39, 0.29) is 5.69 Å². The van der Waals surface area contributed by atoms with Gasteiger partial charge in [-0.25, -0.2) is 4.79 Å². The van der Waals surface area contributed by atoms with Crippen LogP contribution < -0.4 is 5.32 Å². The molecule has 0 aliphatic heterocycles. The molecule has 0 atom stereocenters. The van der Waals surface area contributed by atoms with Crippen LogP contribution in [0.15, 0.2) is 12.1 Å². The van der Waals surface area contributed by atoms with Gasteiger partial charge in [-0.3, -0.25) is 0 Å². The lowest BCUT2D eigenvalue weighted by atomic mass is 9.63. The second-order valence-electron chi connectivity index (χ2n) is 7.36. The van der Waals surface area contributed by atoms with Crippen molar-refractivity contribution in [3.63, 3.8) is 0 Å². The number of hydrogen-bond acceptors (Lipinski definition) is 4. The first-order valence-electron chi connectivity index (χ1n) is 7.01. The van der Waals surface area contributed by atoms with Gasteiger partial charge in [0.25, 0.3) is 0 Å². The molecule has 20 heavy (non-hydrogen) atoms. The molecule has 1 aromatic heterocycles. The van der Waals surface area contributed by atoms with Gasteiger partial charge in [0.05, 0.1) is 0 Å². The Morgan fingerprint density at radius 3 is 2.25 bits per heavy atom. The summed E-state index contributed by atoms with van der Waals surface area (Å²) < 4.78 is 0. The van der Waals surface area contributed by atoms with Crippen LogP contribution in [0.3, 0.4) is 0 Å². The predicted octanol–water partition coefficient (Wildman–Crippen LogP) is 3.19. The number of nitrogens with one attached hydrogen (secondary N) is 1. The number of carboxylic acid groups (broad SMARTS) is 1. The van der Waals surface area contributed by atoms with Gasteiger partial charge in [0.2, 0.25) is 0 Å². The Kier molecular flexibility index (Phi) is 3.71.